The largest absolute Gasteiger partial charge is 0.496 e. The number of ether oxygens (including phenoxy) is 1. The maximum absolute atomic E-state index is 6.37. The molecule has 1 saturated carbocycles. The summed E-state index contributed by atoms with van der Waals surface area (Å²) in [7, 11) is 1.69. The third-order valence-corrected chi connectivity index (χ3v) is 3.62. The summed E-state index contributed by atoms with van der Waals surface area (Å²) in [5.74, 6) is 0.890. The molecule has 0 heterocycles. The first-order valence-electron chi connectivity index (χ1n) is 5.74. The maximum atomic E-state index is 6.37. The SMILES string of the molecule is COc1ccc(Cl)cc1CC1(N)CCCC1. The smallest absolute Gasteiger partial charge is 0.122 e. The average Bonchev–Trinajstić information content (AvgIpc) is 2.65. The van der Waals surface area contributed by atoms with Crippen molar-refractivity contribution in [1.82, 2.24) is 0 Å². The van der Waals surface area contributed by atoms with E-state index in [4.69, 9.17) is 22.1 Å². The molecule has 0 atom stereocenters. The van der Waals surface area contributed by atoms with Crippen molar-refractivity contribution in [2.75, 3.05) is 7.11 Å². The van der Waals surface area contributed by atoms with E-state index in [9.17, 15) is 0 Å². The van der Waals surface area contributed by atoms with Gasteiger partial charge in [-0.15, -0.1) is 0 Å². The highest BCUT2D eigenvalue weighted by molar-refractivity contribution is 6.30. The van der Waals surface area contributed by atoms with Crippen LogP contribution in [0.5, 0.6) is 5.75 Å². The average molecular weight is 240 g/mol. The molecule has 0 amide bonds. The molecule has 16 heavy (non-hydrogen) atoms. The van der Waals surface area contributed by atoms with E-state index in [1.807, 2.05) is 18.2 Å². The number of hydrogen-bond donors (Lipinski definition) is 1. The lowest BCUT2D eigenvalue weighted by Gasteiger charge is -2.24. The molecule has 0 radical (unpaired) electrons. The maximum Gasteiger partial charge on any atom is 0.122 e. The Bertz CT molecular complexity index is 372. The standard InChI is InChI=1S/C13H18ClNO/c1-16-12-5-4-11(14)8-10(12)9-13(15)6-2-3-7-13/h4-5,8H,2-3,6-7,9,15H2,1H3. The van der Waals surface area contributed by atoms with Crippen molar-refractivity contribution in [1.29, 1.82) is 0 Å². The summed E-state index contributed by atoms with van der Waals surface area (Å²) in [6, 6.07) is 5.73. The Kier molecular flexibility index (Phi) is 3.41. The Morgan fingerprint density at radius 1 is 1.38 bits per heavy atom. The Balaban J connectivity index is 2.22. The van der Waals surface area contributed by atoms with E-state index in [1.165, 1.54) is 12.8 Å². The van der Waals surface area contributed by atoms with Crippen LogP contribution < -0.4 is 10.5 Å². The van der Waals surface area contributed by atoms with Crippen LogP contribution in [0.2, 0.25) is 5.02 Å². The van der Waals surface area contributed by atoms with Crippen LogP contribution in [0.1, 0.15) is 31.2 Å². The van der Waals surface area contributed by atoms with E-state index in [1.54, 1.807) is 7.11 Å². The molecule has 1 fully saturated rings. The topological polar surface area (TPSA) is 35.2 Å². The first-order chi connectivity index (χ1) is 7.63. The zero-order valence-electron chi connectivity index (χ0n) is 9.63. The quantitative estimate of drug-likeness (QED) is 0.880. The van der Waals surface area contributed by atoms with E-state index in [0.717, 1.165) is 35.6 Å². The van der Waals surface area contributed by atoms with Gasteiger partial charge in [-0.05, 0) is 43.0 Å². The van der Waals surface area contributed by atoms with Gasteiger partial charge in [-0.2, -0.15) is 0 Å². The molecule has 1 aromatic rings. The van der Waals surface area contributed by atoms with Gasteiger partial charge in [-0.3, -0.25) is 0 Å². The molecule has 88 valence electrons. The highest BCUT2D eigenvalue weighted by atomic mass is 35.5. The zero-order chi connectivity index (χ0) is 11.6. The monoisotopic (exact) mass is 239 g/mol. The van der Waals surface area contributed by atoms with Gasteiger partial charge in [0.1, 0.15) is 5.75 Å². The van der Waals surface area contributed by atoms with Crippen molar-refractivity contribution < 1.29 is 4.74 Å². The number of hydrogen-bond acceptors (Lipinski definition) is 2. The van der Waals surface area contributed by atoms with Crippen molar-refractivity contribution in [2.45, 2.75) is 37.6 Å². The van der Waals surface area contributed by atoms with Crippen LogP contribution in [-0.2, 0) is 6.42 Å². The summed E-state index contributed by atoms with van der Waals surface area (Å²) in [6.45, 7) is 0. The molecular weight excluding hydrogens is 222 g/mol. The van der Waals surface area contributed by atoms with Gasteiger partial charge in [0.2, 0.25) is 0 Å². The van der Waals surface area contributed by atoms with Crippen LogP contribution in [0, 0.1) is 0 Å². The van der Waals surface area contributed by atoms with Crippen LogP contribution in [0.4, 0.5) is 0 Å². The van der Waals surface area contributed by atoms with Crippen molar-refractivity contribution in [3.05, 3.63) is 28.8 Å². The predicted octanol–water partition coefficient (Wildman–Crippen LogP) is 3.16. The van der Waals surface area contributed by atoms with Crippen LogP contribution in [0.25, 0.3) is 0 Å². The second-order valence-electron chi connectivity index (χ2n) is 4.70. The summed E-state index contributed by atoms with van der Waals surface area (Å²) in [6.07, 6.45) is 5.53. The van der Waals surface area contributed by atoms with Gasteiger partial charge >= 0.3 is 0 Å². The van der Waals surface area contributed by atoms with E-state index >= 15 is 0 Å². The molecule has 3 heteroatoms. The second kappa shape index (κ2) is 4.64. The van der Waals surface area contributed by atoms with Gasteiger partial charge in [-0.1, -0.05) is 24.4 Å². The minimum absolute atomic E-state index is 0.0576. The lowest BCUT2D eigenvalue weighted by molar-refractivity contribution is 0.391. The first kappa shape index (κ1) is 11.7. The highest BCUT2D eigenvalue weighted by Crippen LogP contribution is 2.33. The van der Waals surface area contributed by atoms with E-state index in [2.05, 4.69) is 0 Å². The fraction of sp³-hybridized carbons (Fsp3) is 0.538. The molecule has 0 aliphatic heterocycles. The molecule has 1 aliphatic rings. The Labute approximate surface area is 102 Å². The van der Waals surface area contributed by atoms with Gasteiger partial charge in [-0.25, -0.2) is 0 Å². The Morgan fingerprint density at radius 2 is 2.06 bits per heavy atom. The predicted molar refractivity (Wildman–Crippen MR) is 67.1 cm³/mol. The molecule has 2 N–H and O–H groups in total. The summed E-state index contributed by atoms with van der Waals surface area (Å²) in [4.78, 5) is 0. The zero-order valence-corrected chi connectivity index (χ0v) is 10.4. The lowest BCUT2D eigenvalue weighted by atomic mass is 9.90. The van der Waals surface area contributed by atoms with Crippen molar-refractivity contribution in [3.8, 4) is 5.75 Å². The third kappa shape index (κ3) is 2.50. The summed E-state index contributed by atoms with van der Waals surface area (Å²) in [5, 5.41) is 0.748. The van der Waals surface area contributed by atoms with E-state index in [-0.39, 0.29) is 5.54 Å². The number of benzene rings is 1. The molecule has 0 unspecified atom stereocenters. The van der Waals surface area contributed by atoms with Crippen LogP contribution in [-0.4, -0.2) is 12.6 Å². The van der Waals surface area contributed by atoms with Crippen molar-refractivity contribution >= 4 is 11.6 Å². The molecule has 1 aromatic carbocycles. The molecule has 2 rings (SSSR count). The second-order valence-corrected chi connectivity index (χ2v) is 5.14. The summed E-state index contributed by atoms with van der Waals surface area (Å²) < 4.78 is 5.34. The van der Waals surface area contributed by atoms with Crippen molar-refractivity contribution in [3.63, 3.8) is 0 Å². The van der Waals surface area contributed by atoms with Crippen molar-refractivity contribution in [2.24, 2.45) is 5.73 Å². The summed E-state index contributed by atoms with van der Waals surface area (Å²) >= 11 is 6.01. The number of methoxy groups -OCH3 is 1. The highest BCUT2D eigenvalue weighted by Gasteiger charge is 2.30. The third-order valence-electron chi connectivity index (χ3n) is 3.38. The molecule has 0 bridgehead atoms. The van der Waals surface area contributed by atoms with E-state index < -0.39 is 0 Å². The van der Waals surface area contributed by atoms with Gasteiger partial charge in [0.15, 0.2) is 0 Å². The molecule has 0 saturated heterocycles. The van der Waals surface area contributed by atoms with Gasteiger partial charge in [0.05, 0.1) is 7.11 Å². The van der Waals surface area contributed by atoms with Crippen LogP contribution in [0.3, 0.4) is 0 Å². The molecule has 1 aliphatic carbocycles. The minimum Gasteiger partial charge on any atom is -0.496 e. The number of nitrogens with two attached hydrogens (primary N) is 1. The van der Waals surface area contributed by atoms with Gasteiger partial charge in [0, 0.05) is 10.6 Å². The molecule has 0 aromatic heterocycles. The van der Waals surface area contributed by atoms with Crippen LogP contribution >= 0.6 is 11.6 Å². The van der Waals surface area contributed by atoms with Gasteiger partial charge < -0.3 is 10.5 Å². The number of halogens is 1. The van der Waals surface area contributed by atoms with Crippen LogP contribution in [0.15, 0.2) is 18.2 Å². The van der Waals surface area contributed by atoms with E-state index in [0.29, 0.717) is 0 Å². The molecule has 2 nitrogen and oxygen atoms in total. The fourth-order valence-corrected chi connectivity index (χ4v) is 2.72. The Morgan fingerprint density at radius 3 is 2.69 bits per heavy atom. The normalized spacial score (nSPS) is 18.7. The molecular formula is C13H18ClNO. The summed E-state index contributed by atoms with van der Waals surface area (Å²) in [5.41, 5.74) is 7.43. The Hall–Kier alpha value is -0.730. The lowest BCUT2D eigenvalue weighted by Crippen LogP contribution is -2.38. The van der Waals surface area contributed by atoms with Gasteiger partial charge in [0.25, 0.3) is 0 Å². The number of rotatable bonds is 3. The first-order valence-corrected chi connectivity index (χ1v) is 6.12. The molecule has 0 spiro atoms. The minimum atomic E-state index is -0.0576. The fourth-order valence-electron chi connectivity index (χ4n) is 2.52.